The third-order valence-corrected chi connectivity index (χ3v) is 4.95. The monoisotopic (exact) mass is 362 g/mol. The lowest BCUT2D eigenvalue weighted by Crippen LogP contribution is -2.49. The third kappa shape index (κ3) is 3.78. The molecule has 1 N–H and O–H groups in total. The molecule has 1 heterocycles. The molecule has 0 aliphatic carbocycles. The molecule has 3 nitrogen and oxygen atoms in total. The van der Waals surface area contributed by atoms with E-state index in [9.17, 15) is 4.79 Å². The predicted molar refractivity (Wildman–Crippen MR) is 77.2 cm³/mol. The van der Waals surface area contributed by atoms with Crippen molar-refractivity contribution in [2.24, 2.45) is 0 Å². The van der Waals surface area contributed by atoms with Crippen LogP contribution in [0.15, 0.2) is 12.1 Å². The Morgan fingerprint density at radius 2 is 1.94 bits per heavy atom. The van der Waals surface area contributed by atoms with Gasteiger partial charge in [0.2, 0.25) is 0 Å². The van der Waals surface area contributed by atoms with Gasteiger partial charge in [0.1, 0.15) is 0 Å². The number of nitrogens with zero attached hydrogens (tertiary/aromatic N) is 1. The Morgan fingerprint density at radius 1 is 1.35 bits per heavy atom. The molecule has 0 aliphatic heterocycles. The number of hydrogen-bond acceptors (Lipinski definition) is 2. The fraction of sp³-hybridized carbons (Fsp3) is 0.500. The van der Waals surface area contributed by atoms with Gasteiger partial charge in [-0.15, -0.1) is 0 Å². The van der Waals surface area contributed by atoms with Crippen molar-refractivity contribution < 1.29 is 4.79 Å². The van der Waals surface area contributed by atoms with Crippen molar-refractivity contribution in [3.63, 3.8) is 0 Å². The summed E-state index contributed by atoms with van der Waals surface area (Å²) in [7, 11) is 0. The minimum atomic E-state index is -0.297. The van der Waals surface area contributed by atoms with Gasteiger partial charge < -0.3 is 5.32 Å². The lowest BCUT2D eigenvalue weighted by atomic mass is 10.1. The molecule has 0 unspecified atom stereocenters. The van der Waals surface area contributed by atoms with Crippen LogP contribution >= 0.6 is 31.9 Å². The second-order valence-electron chi connectivity index (χ2n) is 4.37. The molecule has 0 bridgehead atoms. The zero-order valence-electron chi connectivity index (χ0n) is 10.2. The molecule has 0 saturated heterocycles. The molecule has 0 saturated carbocycles. The summed E-state index contributed by atoms with van der Waals surface area (Å²) in [5.74, 6) is -0.0867. The maximum absolute atomic E-state index is 12.1. The van der Waals surface area contributed by atoms with Crippen molar-refractivity contribution in [2.75, 3.05) is 10.7 Å². The van der Waals surface area contributed by atoms with Gasteiger partial charge in [-0.05, 0) is 32.9 Å². The summed E-state index contributed by atoms with van der Waals surface area (Å²) < 4.78 is 0. The molecule has 0 aliphatic rings. The fourth-order valence-electron chi connectivity index (χ4n) is 1.37. The predicted octanol–water partition coefficient (Wildman–Crippen LogP) is 2.98. The number of alkyl halides is 2. The van der Waals surface area contributed by atoms with Crippen LogP contribution in [0, 0.1) is 13.8 Å². The minimum absolute atomic E-state index is 0.0867. The summed E-state index contributed by atoms with van der Waals surface area (Å²) >= 11 is 6.81. The highest BCUT2D eigenvalue weighted by Crippen LogP contribution is 2.14. The van der Waals surface area contributed by atoms with E-state index in [2.05, 4.69) is 42.2 Å². The Balaban J connectivity index is 2.90. The van der Waals surface area contributed by atoms with Crippen LogP contribution in [0.2, 0.25) is 0 Å². The van der Waals surface area contributed by atoms with Crippen molar-refractivity contribution in [3.8, 4) is 0 Å². The molecule has 1 amide bonds. The number of amides is 1. The van der Waals surface area contributed by atoms with Gasteiger partial charge in [0.15, 0.2) is 0 Å². The first kappa shape index (κ1) is 14.6. The molecule has 17 heavy (non-hydrogen) atoms. The first-order chi connectivity index (χ1) is 7.91. The average Bonchev–Trinajstić information content (AvgIpc) is 2.28. The largest absolute Gasteiger partial charge is 0.345 e. The van der Waals surface area contributed by atoms with Gasteiger partial charge in [0.05, 0.1) is 16.8 Å². The topological polar surface area (TPSA) is 42.0 Å². The smallest absolute Gasteiger partial charge is 0.253 e. The van der Waals surface area contributed by atoms with Crippen LogP contribution < -0.4 is 5.32 Å². The lowest BCUT2D eigenvalue weighted by molar-refractivity contribution is 0.0922. The van der Waals surface area contributed by atoms with Gasteiger partial charge in [0.25, 0.3) is 5.91 Å². The SMILES string of the molecule is Cc1ccc(C(=O)NC(C)(CBr)CBr)c(C)n1. The fourth-order valence-corrected chi connectivity index (χ4v) is 2.58. The Hall–Kier alpha value is -0.420. The summed E-state index contributed by atoms with van der Waals surface area (Å²) in [6.07, 6.45) is 0. The number of hydrogen-bond donors (Lipinski definition) is 1. The molecular weight excluding hydrogens is 348 g/mol. The molecule has 1 aromatic rings. The molecule has 0 radical (unpaired) electrons. The standard InChI is InChI=1S/C12H16Br2N2O/c1-8-4-5-10(9(2)15-8)11(17)16-12(3,6-13)7-14/h4-5H,6-7H2,1-3H3,(H,16,17). The second kappa shape index (κ2) is 5.96. The molecule has 1 rings (SSSR count). The van der Waals surface area contributed by atoms with E-state index in [-0.39, 0.29) is 11.4 Å². The zero-order valence-corrected chi connectivity index (χ0v) is 13.4. The number of pyridine rings is 1. The number of carbonyl (C=O) groups is 1. The molecule has 0 spiro atoms. The summed E-state index contributed by atoms with van der Waals surface area (Å²) in [4.78, 5) is 16.4. The van der Waals surface area contributed by atoms with Crippen LogP contribution in [0.5, 0.6) is 0 Å². The Morgan fingerprint density at radius 3 is 2.41 bits per heavy atom. The van der Waals surface area contributed by atoms with Gasteiger partial charge in [-0.3, -0.25) is 9.78 Å². The lowest BCUT2D eigenvalue weighted by Gasteiger charge is -2.26. The zero-order chi connectivity index (χ0) is 13.1. The van der Waals surface area contributed by atoms with Gasteiger partial charge in [-0.1, -0.05) is 31.9 Å². The van der Waals surface area contributed by atoms with Crippen molar-refractivity contribution in [2.45, 2.75) is 26.3 Å². The summed E-state index contributed by atoms with van der Waals surface area (Å²) in [5.41, 5.74) is 2.01. The van der Waals surface area contributed by atoms with E-state index in [0.29, 0.717) is 16.2 Å². The van der Waals surface area contributed by atoms with E-state index in [1.807, 2.05) is 32.9 Å². The number of nitrogens with one attached hydrogen (secondary N) is 1. The number of carbonyl (C=O) groups excluding carboxylic acids is 1. The summed E-state index contributed by atoms with van der Waals surface area (Å²) in [6.45, 7) is 5.74. The average molecular weight is 364 g/mol. The van der Waals surface area contributed by atoms with Crippen molar-refractivity contribution >= 4 is 37.8 Å². The van der Waals surface area contributed by atoms with Crippen molar-refractivity contribution in [1.29, 1.82) is 0 Å². The van der Waals surface area contributed by atoms with Crippen molar-refractivity contribution in [1.82, 2.24) is 10.3 Å². The summed E-state index contributed by atoms with van der Waals surface area (Å²) in [5, 5.41) is 4.38. The molecule has 0 aromatic carbocycles. The van der Waals surface area contributed by atoms with Crippen LogP contribution in [0.4, 0.5) is 0 Å². The van der Waals surface area contributed by atoms with Crippen LogP contribution in [-0.2, 0) is 0 Å². The van der Waals surface area contributed by atoms with E-state index in [4.69, 9.17) is 0 Å². The summed E-state index contributed by atoms with van der Waals surface area (Å²) in [6, 6.07) is 3.66. The maximum atomic E-state index is 12.1. The van der Waals surface area contributed by atoms with E-state index in [1.165, 1.54) is 0 Å². The quantitative estimate of drug-likeness (QED) is 0.835. The number of halogens is 2. The van der Waals surface area contributed by atoms with Crippen molar-refractivity contribution in [3.05, 3.63) is 29.1 Å². The van der Waals surface area contributed by atoms with Gasteiger partial charge >= 0.3 is 0 Å². The highest BCUT2D eigenvalue weighted by Gasteiger charge is 2.25. The first-order valence-corrected chi connectivity index (χ1v) is 7.55. The van der Waals surface area contributed by atoms with E-state index in [1.54, 1.807) is 0 Å². The van der Waals surface area contributed by atoms with E-state index >= 15 is 0 Å². The van der Waals surface area contributed by atoms with Gasteiger partial charge in [-0.2, -0.15) is 0 Å². The first-order valence-electron chi connectivity index (χ1n) is 5.30. The Kier molecular flexibility index (Phi) is 5.13. The van der Waals surface area contributed by atoms with E-state index in [0.717, 1.165) is 11.4 Å². The third-order valence-electron chi connectivity index (χ3n) is 2.47. The van der Waals surface area contributed by atoms with Crippen LogP contribution in [-0.4, -0.2) is 27.1 Å². The van der Waals surface area contributed by atoms with Gasteiger partial charge in [-0.25, -0.2) is 0 Å². The normalized spacial score (nSPS) is 11.4. The molecule has 0 atom stereocenters. The number of aromatic nitrogens is 1. The molecule has 1 aromatic heterocycles. The minimum Gasteiger partial charge on any atom is -0.345 e. The molecule has 0 fully saturated rings. The second-order valence-corrected chi connectivity index (χ2v) is 5.49. The molecule has 94 valence electrons. The Labute approximate surface area is 119 Å². The van der Waals surface area contributed by atoms with E-state index < -0.39 is 0 Å². The van der Waals surface area contributed by atoms with Crippen LogP contribution in [0.1, 0.15) is 28.7 Å². The van der Waals surface area contributed by atoms with Crippen LogP contribution in [0.3, 0.4) is 0 Å². The highest BCUT2D eigenvalue weighted by molar-refractivity contribution is 9.09. The number of rotatable bonds is 4. The van der Waals surface area contributed by atoms with Gasteiger partial charge in [0, 0.05) is 16.4 Å². The Bertz CT molecular complexity index is 417. The maximum Gasteiger partial charge on any atom is 0.253 e. The molecule has 5 heteroatoms. The van der Waals surface area contributed by atoms with Crippen LogP contribution in [0.25, 0.3) is 0 Å². The highest BCUT2D eigenvalue weighted by atomic mass is 79.9. The number of aryl methyl sites for hydroxylation is 2. The molecular formula is C12H16Br2N2O.